The fraction of sp³-hybridized carbons (Fsp3) is 0.826. The molecule has 0 fully saturated rings. The molecular weight excluding hydrogens is 392 g/mol. The Bertz CT molecular complexity index is 739. The van der Waals surface area contributed by atoms with Crippen LogP contribution in [0.3, 0.4) is 0 Å². The van der Waals surface area contributed by atoms with Crippen LogP contribution in [0.25, 0.3) is 0 Å². The number of unbranched alkanes of at least 4 members (excludes halogenated alkanes) is 8. The standard InChI is InChI=1S/C23H42N6O2/c1-3-5-7-10-14-20(28-18-22(24)30-26-28)16-12-9-13-17-21(15-11-8-6-4-2)29-19-23(25)31-27-29/h18-21,24-25H,3-17H2,1-2H3. The van der Waals surface area contributed by atoms with Gasteiger partial charge >= 0.3 is 0 Å². The van der Waals surface area contributed by atoms with Gasteiger partial charge in [-0.2, -0.15) is 0 Å². The molecule has 0 aliphatic carbocycles. The largest absolute Gasteiger partial charge is 0.487 e. The number of rotatable bonds is 18. The topological polar surface area (TPSA) is 110 Å². The van der Waals surface area contributed by atoms with Crippen molar-refractivity contribution in [3.63, 3.8) is 0 Å². The highest BCUT2D eigenvalue weighted by molar-refractivity contribution is 4.58. The SMILES string of the molecule is CCCCCCC(CCCCCC(CCCCCC)[n+]1cc(=N)o[n-]1)[n+]1cc(=N)o[n-]1. The lowest BCUT2D eigenvalue weighted by Crippen LogP contribution is -2.43. The third-order valence-corrected chi connectivity index (χ3v) is 6.07. The Balaban J connectivity index is 1.78. The van der Waals surface area contributed by atoms with Crippen molar-refractivity contribution < 1.29 is 18.4 Å². The number of hydrogen-bond acceptors (Lipinski definition) is 4. The Hall–Kier alpha value is -2.12. The van der Waals surface area contributed by atoms with Crippen molar-refractivity contribution >= 4 is 0 Å². The second kappa shape index (κ2) is 14.8. The maximum atomic E-state index is 7.63. The van der Waals surface area contributed by atoms with E-state index in [0.717, 1.165) is 44.9 Å². The molecule has 0 radical (unpaired) electrons. The Morgan fingerprint density at radius 2 is 1.00 bits per heavy atom. The van der Waals surface area contributed by atoms with Crippen molar-refractivity contribution in [3.8, 4) is 0 Å². The van der Waals surface area contributed by atoms with E-state index >= 15 is 0 Å². The van der Waals surface area contributed by atoms with E-state index in [0.29, 0.717) is 12.1 Å². The van der Waals surface area contributed by atoms with Gasteiger partial charge in [0, 0.05) is 25.7 Å². The quantitative estimate of drug-likeness (QED) is 0.273. The highest BCUT2D eigenvalue weighted by atomic mass is 16.5. The molecule has 0 saturated carbocycles. The minimum Gasteiger partial charge on any atom is -0.487 e. The molecule has 31 heavy (non-hydrogen) atoms. The maximum absolute atomic E-state index is 7.63. The van der Waals surface area contributed by atoms with Crippen molar-refractivity contribution in [2.45, 2.75) is 122 Å². The van der Waals surface area contributed by atoms with Crippen molar-refractivity contribution in [2.24, 2.45) is 0 Å². The van der Waals surface area contributed by atoms with Crippen LogP contribution < -0.4 is 31.0 Å². The van der Waals surface area contributed by atoms with Crippen LogP contribution in [-0.2, 0) is 0 Å². The monoisotopic (exact) mass is 434 g/mol. The lowest BCUT2D eigenvalue weighted by molar-refractivity contribution is -0.791. The molecule has 0 aliphatic rings. The molecule has 0 bridgehead atoms. The van der Waals surface area contributed by atoms with E-state index in [9.17, 15) is 0 Å². The van der Waals surface area contributed by atoms with Gasteiger partial charge in [-0.15, -0.1) is 0 Å². The van der Waals surface area contributed by atoms with E-state index in [4.69, 9.17) is 19.9 Å². The van der Waals surface area contributed by atoms with Gasteiger partial charge in [0.05, 0.1) is 0 Å². The van der Waals surface area contributed by atoms with Crippen LogP contribution >= 0.6 is 0 Å². The Kier molecular flexibility index (Phi) is 12.0. The van der Waals surface area contributed by atoms with E-state index in [2.05, 4.69) is 24.4 Å². The predicted octanol–water partition coefficient (Wildman–Crippen LogP) is 3.99. The molecule has 2 atom stereocenters. The number of aromatic nitrogens is 4. The fourth-order valence-corrected chi connectivity index (χ4v) is 4.23. The smallest absolute Gasteiger partial charge is 0.264 e. The Morgan fingerprint density at radius 1 is 0.645 bits per heavy atom. The van der Waals surface area contributed by atoms with Crippen LogP contribution in [0, 0.1) is 10.8 Å². The van der Waals surface area contributed by atoms with Gasteiger partial charge in [-0.25, -0.2) is 9.36 Å². The molecule has 8 heteroatoms. The second-order valence-corrected chi connectivity index (χ2v) is 8.74. The molecule has 176 valence electrons. The zero-order valence-electron chi connectivity index (χ0n) is 19.5. The van der Waals surface area contributed by atoms with Gasteiger partial charge in [-0.05, 0) is 25.7 Å². The summed E-state index contributed by atoms with van der Waals surface area (Å²) in [5.41, 5.74) is 0.255. The number of hydrogen-bond donors (Lipinski definition) is 2. The molecule has 2 heterocycles. The van der Waals surface area contributed by atoms with Gasteiger partial charge in [0.1, 0.15) is 12.1 Å². The fourth-order valence-electron chi connectivity index (χ4n) is 4.23. The molecule has 2 N–H and O–H groups in total. The summed E-state index contributed by atoms with van der Waals surface area (Å²) in [6, 6.07) is 0.640. The molecule has 0 spiro atoms. The summed E-state index contributed by atoms with van der Waals surface area (Å²) in [6.07, 6.45) is 21.1. The van der Waals surface area contributed by atoms with Crippen LogP contribution in [0.5, 0.6) is 0 Å². The molecule has 2 aromatic heterocycles. The summed E-state index contributed by atoms with van der Waals surface area (Å²) in [6.45, 7) is 4.46. The Labute approximate surface area is 186 Å². The van der Waals surface area contributed by atoms with Crippen LogP contribution in [0.15, 0.2) is 21.4 Å². The number of nitrogens with zero attached hydrogens (tertiary/aromatic N) is 4. The van der Waals surface area contributed by atoms with Gasteiger partial charge in [-0.3, -0.25) is 21.4 Å². The molecular formula is C23H42N6O2. The van der Waals surface area contributed by atoms with Crippen LogP contribution in [0.1, 0.15) is 122 Å². The van der Waals surface area contributed by atoms with E-state index in [-0.39, 0.29) is 11.1 Å². The van der Waals surface area contributed by atoms with Gasteiger partial charge < -0.3 is 9.05 Å². The summed E-state index contributed by atoms with van der Waals surface area (Å²) in [4.78, 5) is 0. The van der Waals surface area contributed by atoms with Gasteiger partial charge in [0.15, 0.2) is 0 Å². The molecule has 2 aromatic rings. The normalized spacial score (nSPS) is 13.5. The first-order valence-electron chi connectivity index (χ1n) is 12.3. The van der Waals surface area contributed by atoms with Crippen molar-refractivity contribution in [1.82, 2.24) is 10.5 Å². The molecule has 0 aliphatic heterocycles. The summed E-state index contributed by atoms with van der Waals surface area (Å²) < 4.78 is 13.7. The molecule has 2 unspecified atom stereocenters. The molecule has 0 amide bonds. The zero-order valence-corrected chi connectivity index (χ0v) is 19.5. The van der Waals surface area contributed by atoms with Gasteiger partial charge in [0.2, 0.25) is 12.4 Å². The second-order valence-electron chi connectivity index (χ2n) is 8.74. The first-order valence-corrected chi connectivity index (χ1v) is 12.3. The molecule has 2 rings (SSSR count). The van der Waals surface area contributed by atoms with Crippen molar-refractivity contribution in [1.29, 1.82) is 10.8 Å². The minimum absolute atomic E-state index is 0.128. The van der Waals surface area contributed by atoms with Crippen LogP contribution in [0.4, 0.5) is 0 Å². The van der Waals surface area contributed by atoms with Crippen LogP contribution in [0.2, 0.25) is 0 Å². The lowest BCUT2D eigenvalue weighted by atomic mass is 9.98. The van der Waals surface area contributed by atoms with Crippen molar-refractivity contribution in [3.05, 3.63) is 23.5 Å². The lowest BCUT2D eigenvalue weighted by Gasteiger charge is -2.15. The molecule has 8 nitrogen and oxygen atoms in total. The van der Waals surface area contributed by atoms with E-state index < -0.39 is 0 Å². The van der Waals surface area contributed by atoms with Crippen molar-refractivity contribution in [2.75, 3.05) is 0 Å². The summed E-state index contributed by atoms with van der Waals surface area (Å²) in [7, 11) is 0. The average molecular weight is 435 g/mol. The molecule has 0 saturated heterocycles. The van der Waals surface area contributed by atoms with Gasteiger partial charge in [-0.1, -0.05) is 58.8 Å². The highest BCUT2D eigenvalue weighted by Gasteiger charge is 2.18. The minimum atomic E-state index is 0.128. The number of nitrogens with one attached hydrogen (secondary N) is 2. The summed E-state index contributed by atoms with van der Waals surface area (Å²) >= 11 is 0. The van der Waals surface area contributed by atoms with E-state index in [1.54, 1.807) is 12.4 Å². The van der Waals surface area contributed by atoms with Gasteiger partial charge in [0.25, 0.3) is 11.1 Å². The van der Waals surface area contributed by atoms with Crippen LogP contribution in [-0.4, -0.2) is 0 Å². The maximum Gasteiger partial charge on any atom is 0.264 e. The third-order valence-electron chi connectivity index (χ3n) is 6.07. The average Bonchev–Trinajstić information content (AvgIpc) is 3.39. The first-order chi connectivity index (χ1) is 15.1. The van der Waals surface area contributed by atoms with E-state index in [1.807, 2.05) is 9.36 Å². The highest BCUT2D eigenvalue weighted by Crippen LogP contribution is 2.21. The third kappa shape index (κ3) is 9.70. The Morgan fingerprint density at radius 3 is 1.29 bits per heavy atom. The zero-order chi connectivity index (χ0) is 22.3. The first kappa shape index (κ1) is 25.1. The molecule has 0 aromatic carbocycles. The summed E-state index contributed by atoms with van der Waals surface area (Å²) in [5.74, 6) is 0. The van der Waals surface area contributed by atoms with E-state index in [1.165, 1.54) is 51.4 Å². The predicted molar refractivity (Wildman–Crippen MR) is 115 cm³/mol. The summed E-state index contributed by atoms with van der Waals surface area (Å²) in [5, 5.41) is 23.4.